The first-order valence-corrected chi connectivity index (χ1v) is 19.3. The molecule has 9 nitrogen and oxygen atoms in total. The first kappa shape index (κ1) is 35.6. The normalized spacial score (nSPS) is 19.5. The Morgan fingerprint density at radius 3 is 2.26 bits per heavy atom. The molecule has 0 spiro atoms. The number of benzene rings is 3. The third kappa shape index (κ3) is 7.11. The molecule has 278 valence electrons. The number of hydrogen-bond donors (Lipinski definition) is 0. The van der Waals surface area contributed by atoms with E-state index in [2.05, 4.69) is 64.2 Å². The van der Waals surface area contributed by atoms with Crippen LogP contribution in [0.25, 0.3) is 17.2 Å². The van der Waals surface area contributed by atoms with Gasteiger partial charge in [-0.15, -0.1) is 0 Å². The summed E-state index contributed by atoms with van der Waals surface area (Å²) in [5.41, 5.74) is 6.95. The van der Waals surface area contributed by atoms with Crippen molar-refractivity contribution < 1.29 is 23.9 Å². The van der Waals surface area contributed by atoms with E-state index < -0.39 is 11.5 Å². The maximum absolute atomic E-state index is 15.1. The Bertz CT molecular complexity index is 2090. The first-order valence-electron chi connectivity index (χ1n) is 19.3. The smallest absolute Gasteiger partial charge is 0.410 e. The van der Waals surface area contributed by atoms with Gasteiger partial charge >= 0.3 is 6.09 Å². The Labute approximate surface area is 317 Å². The van der Waals surface area contributed by atoms with E-state index in [4.69, 9.17) is 4.74 Å². The monoisotopic (exact) mass is 724 g/mol. The fraction of sp³-hybridized carbons (Fsp3) is 0.378. The second-order valence-corrected chi connectivity index (χ2v) is 16.1. The van der Waals surface area contributed by atoms with Gasteiger partial charge in [-0.05, 0) is 93.2 Å². The molecule has 0 unspecified atom stereocenters. The maximum Gasteiger partial charge on any atom is 0.410 e. The number of likely N-dealkylation sites (tertiary alicyclic amines) is 1. The van der Waals surface area contributed by atoms with Crippen molar-refractivity contribution in [2.45, 2.75) is 83.5 Å². The molecule has 4 amide bonds. The Balaban J connectivity index is 1.07. The Kier molecular flexibility index (Phi) is 9.50. The second kappa shape index (κ2) is 14.4. The lowest BCUT2D eigenvalue weighted by Gasteiger charge is -2.40. The standard InChI is InChI=1S/C45H48N4O5/c1-45(2,3)54-44(53)47-23-22-35(32-15-11-14-31(26-32)30-12-5-4-6-13-30)39(29-47)43(52)49(34-20-21-34)28-33-27-46(40-19-10-9-16-36(33)40)24-25-48-41(50)37-17-7-8-18-38(37)42(48)51/h4-9,11-18,26-27,34-35,39H,10,19-25,28-29H2,1-3H3/t35-,39+/m1/s1. The molecule has 4 aliphatic rings. The highest BCUT2D eigenvalue weighted by molar-refractivity contribution is 6.21. The molecule has 4 aromatic rings. The summed E-state index contributed by atoms with van der Waals surface area (Å²) in [5, 5.41) is 0. The molecular weight excluding hydrogens is 677 g/mol. The van der Waals surface area contributed by atoms with Crippen LogP contribution in [-0.4, -0.2) is 74.4 Å². The van der Waals surface area contributed by atoms with Crippen LogP contribution in [-0.2, 0) is 29.0 Å². The summed E-state index contributed by atoms with van der Waals surface area (Å²) in [6, 6.07) is 25.9. The molecule has 2 atom stereocenters. The number of amides is 4. The maximum atomic E-state index is 15.1. The van der Waals surface area contributed by atoms with Crippen molar-refractivity contribution in [1.29, 1.82) is 0 Å². The van der Waals surface area contributed by atoms with Gasteiger partial charge in [-0.25, -0.2) is 4.79 Å². The SMILES string of the molecule is CC(C)(C)OC(=O)N1CC[C@H](c2cccc(-c3ccccc3)c2)[C@@H](C(=O)N(Cc2cn(CCN3C(=O)c4ccccc4C3=O)c3c2C=CCC3)C2CC2)C1. The van der Waals surface area contributed by atoms with Gasteiger partial charge in [-0.1, -0.05) is 78.9 Å². The number of carbonyl (C=O) groups is 4. The molecule has 54 heavy (non-hydrogen) atoms. The van der Waals surface area contributed by atoms with Gasteiger partial charge in [0.2, 0.25) is 5.91 Å². The summed E-state index contributed by atoms with van der Waals surface area (Å²) >= 11 is 0. The fourth-order valence-electron chi connectivity index (χ4n) is 8.40. The van der Waals surface area contributed by atoms with Crippen LogP contribution >= 0.6 is 0 Å². The van der Waals surface area contributed by atoms with Gasteiger partial charge in [-0.3, -0.25) is 19.3 Å². The minimum atomic E-state index is -0.642. The van der Waals surface area contributed by atoms with Crippen LogP contribution in [0.2, 0.25) is 0 Å². The molecule has 3 aromatic carbocycles. The van der Waals surface area contributed by atoms with Crippen molar-refractivity contribution in [1.82, 2.24) is 19.3 Å². The van der Waals surface area contributed by atoms with E-state index in [1.165, 1.54) is 4.90 Å². The van der Waals surface area contributed by atoms with Gasteiger partial charge in [0, 0.05) is 56.2 Å². The highest BCUT2D eigenvalue weighted by atomic mass is 16.6. The average Bonchev–Trinajstić information content (AvgIpc) is 3.93. The molecule has 9 heteroatoms. The van der Waals surface area contributed by atoms with Crippen LogP contribution < -0.4 is 0 Å². The van der Waals surface area contributed by atoms with Crippen molar-refractivity contribution in [3.8, 4) is 11.1 Å². The lowest BCUT2D eigenvalue weighted by atomic mass is 9.79. The first-order chi connectivity index (χ1) is 26.1. The molecule has 8 rings (SSSR count). The molecule has 0 bridgehead atoms. The quantitative estimate of drug-likeness (QED) is 0.164. The molecule has 0 N–H and O–H groups in total. The van der Waals surface area contributed by atoms with Gasteiger partial charge < -0.3 is 19.1 Å². The Hall–Kier alpha value is -5.44. The van der Waals surface area contributed by atoms with E-state index in [9.17, 15) is 14.4 Å². The minimum Gasteiger partial charge on any atom is -0.444 e. The van der Waals surface area contributed by atoms with Crippen molar-refractivity contribution in [2.24, 2.45) is 5.92 Å². The molecule has 2 aliphatic heterocycles. The number of carbonyl (C=O) groups excluding carboxylic acids is 4. The number of rotatable bonds is 9. The number of ether oxygens (including phenoxy) is 1. The second-order valence-electron chi connectivity index (χ2n) is 16.1. The molecule has 1 aromatic heterocycles. The van der Waals surface area contributed by atoms with Crippen LogP contribution in [0.5, 0.6) is 0 Å². The van der Waals surface area contributed by atoms with Crippen molar-refractivity contribution in [2.75, 3.05) is 19.6 Å². The van der Waals surface area contributed by atoms with Crippen LogP contribution in [0, 0.1) is 5.92 Å². The zero-order valence-electron chi connectivity index (χ0n) is 31.4. The van der Waals surface area contributed by atoms with E-state index in [1.54, 1.807) is 29.2 Å². The van der Waals surface area contributed by atoms with E-state index in [1.807, 2.05) is 39.0 Å². The minimum absolute atomic E-state index is 0.0631. The highest BCUT2D eigenvalue weighted by Gasteiger charge is 2.44. The van der Waals surface area contributed by atoms with Crippen LogP contribution in [0.15, 0.2) is 91.1 Å². The molecule has 0 radical (unpaired) electrons. The zero-order valence-corrected chi connectivity index (χ0v) is 31.4. The van der Waals surface area contributed by atoms with E-state index >= 15 is 4.79 Å². The molecule has 1 saturated carbocycles. The summed E-state index contributed by atoms with van der Waals surface area (Å²) in [4.78, 5) is 59.9. The molecule has 3 heterocycles. The van der Waals surface area contributed by atoms with Crippen LogP contribution in [0.1, 0.15) is 95.5 Å². The van der Waals surface area contributed by atoms with Gasteiger partial charge in [0.25, 0.3) is 11.8 Å². The number of nitrogens with zero attached hydrogens (tertiary/aromatic N) is 4. The number of hydrogen-bond acceptors (Lipinski definition) is 5. The summed E-state index contributed by atoms with van der Waals surface area (Å²) in [6.07, 6.45) is 10.4. The Morgan fingerprint density at radius 1 is 0.852 bits per heavy atom. The van der Waals surface area contributed by atoms with Crippen molar-refractivity contribution >= 4 is 29.9 Å². The van der Waals surface area contributed by atoms with E-state index in [0.717, 1.165) is 59.2 Å². The van der Waals surface area contributed by atoms with Gasteiger partial charge in [-0.2, -0.15) is 0 Å². The van der Waals surface area contributed by atoms with E-state index in [-0.39, 0.29) is 48.9 Å². The van der Waals surface area contributed by atoms with Gasteiger partial charge in [0.15, 0.2) is 0 Å². The summed E-state index contributed by atoms with van der Waals surface area (Å²) < 4.78 is 7.98. The molecular formula is C45H48N4O5. The Morgan fingerprint density at radius 2 is 1.56 bits per heavy atom. The molecule has 2 aliphatic carbocycles. The lowest BCUT2D eigenvalue weighted by Crippen LogP contribution is -2.51. The third-order valence-electron chi connectivity index (χ3n) is 11.2. The predicted molar refractivity (Wildman–Crippen MR) is 208 cm³/mol. The summed E-state index contributed by atoms with van der Waals surface area (Å²) in [7, 11) is 0. The van der Waals surface area contributed by atoms with Crippen LogP contribution in [0.4, 0.5) is 4.79 Å². The lowest BCUT2D eigenvalue weighted by molar-refractivity contribution is -0.139. The predicted octanol–water partition coefficient (Wildman–Crippen LogP) is 7.94. The van der Waals surface area contributed by atoms with Crippen molar-refractivity contribution in [3.05, 3.63) is 125 Å². The number of piperidine rings is 1. The number of allylic oxidation sites excluding steroid dienone is 1. The average molecular weight is 725 g/mol. The highest BCUT2D eigenvalue weighted by Crippen LogP contribution is 2.40. The number of aromatic nitrogens is 1. The van der Waals surface area contributed by atoms with Crippen molar-refractivity contribution in [3.63, 3.8) is 0 Å². The largest absolute Gasteiger partial charge is 0.444 e. The van der Waals surface area contributed by atoms with Gasteiger partial charge in [0.05, 0.1) is 17.0 Å². The third-order valence-corrected chi connectivity index (χ3v) is 11.2. The molecule has 1 saturated heterocycles. The zero-order chi connectivity index (χ0) is 37.6. The number of fused-ring (bicyclic) bond motifs is 2. The fourth-order valence-corrected chi connectivity index (χ4v) is 8.40. The topological polar surface area (TPSA) is 92.2 Å². The van der Waals surface area contributed by atoms with Gasteiger partial charge in [0.1, 0.15) is 5.60 Å². The van der Waals surface area contributed by atoms with E-state index in [0.29, 0.717) is 37.2 Å². The summed E-state index contributed by atoms with van der Waals surface area (Å²) in [6.45, 7) is 7.60. The molecule has 2 fully saturated rings. The number of imide groups is 1. The summed E-state index contributed by atoms with van der Waals surface area (Å²) in [5.74, 6) is -0.953. The van der Waals surface area contributed by atoms with Crippen LogP contribution in [0.3, 0.4) is 0 Å².